The van der Waals surface area contributed by atoms with Crippen molar-refractivity contribution in [2.24, 2.45) is 5.73 Å². The van der Waals surface area contributed by atoms with Crippen LogP contribution >= 0.6 is 0 Å². The molecule has 0 bridgehead atoms. The molecule has 0 heterocycles. The Morgan fingerprint density at radius 3 is 1.83 bits per heavy atom. The summed E-state index contributed by atoms with van der Waals surface area (Å²) >= 11 is 0. The third-order valence-electron chi connectivity index (χ3n) is 1.31. The van der Waals surface area contributed by atoms with Gasteiger partial charge in [-0.15, -0.1) is 0 Å². The summed E-state index contributed by atoms with van der Waals surface area (Å²) in [5.74, 6) is -3.08. The first-order valence-corrected chi connectivity index (χ1v) is 3.33. The van der Waals surface area contributed by atoms with Gasteiger partial charge < -0.3 is 5.73 Å². The second-order valence-electron chi connectivity index (χ2n) is 2.76. The summed E-state index contributed by atoms with van der Waals surface area (Å²) in [6, 6.07) is -2.15. The van der Waals surface area contributed by atoms with Gasteiger partial charge in [-0.05, 0) is 13.3 Å². The fraction of sp³-hybridized carbons (Fsp3) is 1.00. The van der Waals surface area contributed by atoms with Gasteiger partial charge in [-0.3, -0.25) is 0 Å². The molecule has 1 unspecified atom stereocenters. The van der Waals surface area contributed by atoms with Gasteiger partial charge in [0.15, 0.2) is 0 Å². The van der Waals surface area contributed by atoms with Crippen LogP contribution in [0.15, 0.2) is 0 Å². The zero-order valence-electron chi connectivity index (χ0n) is 6.46. The number of rotatable bonds is 3. The maximum absolute atomic E-state index is 12.0. The van der Waals surface area contributed by atoms with E-state index in [4.69, 9.17) is 0 Å². The summed E-state index contributed by atoms with van der Waals surface area (Å²) in [5.41, 5.74) is 4.60. The molecule has 0 amide bonds. The van der Waals surface area contributed by atoms with Crippen LogP contribution in [0.1, 0.15) is 19.8 Å². The zero-order chi connectivity index (χ0) is 9.99. The molecule has 0 aliphatic heterocycles. The third kappa shape index (κ3) is 5.29. The maximum Gasteiger partial charge on any atom is 0.403 e. The van der Waals surface area contributed by atoms with Gasteiger partial charge in [0, 0.05) is 6.42 Å². The fourth-order valence-electron chi connectivity index (χ4n) is 0.573. The quantitative estimate of drug-likeness (QED) is 0.680. The molecule has 0 radical (unpaired) electrons. The van der Waals surface area contributed by atoms with Gasteiger partial charge in [-0.2, -0.15) is 13.2 Å². The summed E-state index contributed by atoms with van der Waals surface area (Å²) in [4.78, 5) is 0. The first-order chi connectivity index (χ1) is 5.13. The average molecular weight is 191 g/mol. The molecule has 0 aromatic heterocycles. The fourth-order valence-corrected chi connectivity index (χ4v) is 0.573. The molecule has 74 valence electrons. The monoisotopic (exact) mass is 191 g/mol. The third-order valence-corrected chi connectivity index (χ3v) is 1.31. The molecule has 1 atom stereocenters. The minimum Gasteiger partial charge on any atom is -0.320 e. The van der Waals surface area contributed by atoms with Crippen LogP contribution in [0.4, 0.5) is 22.0 Å². The number of alkyl halides is 5. The predicted molar refractivity (Wildman–Crippen MR) is 33.9 cm³/mol. The molecule has 12 heavy (non-hydrogen) atoms. The van der Waals surface area contributed by atoms with E-state index in [1.54, 1.807) is 0 Å². The molecule has 0 aromatic rings. The first-order valence-electron chi connectivity index (χ1n) is 3.33. The SMILES string of the molecule is CC(F)(F)CCC(N)C(F)(F)F. The molecule has 6 heteroatoms. The van der Waals surface area contributed by atoms with Gasteiger partial charge in [0.25, 0.3) is 0 Å². The Morgan fingerprint density at radius 2 is 1.58 bits per heavy atom. The Bertz CT molecular complexity index is 136. The van der Waals surface area contributed by atoms with Crippen molar-refractivity contribution in [2.45, 2.75) is 37.9 Å². The van der Waals surface area contributed by atoms with Crippen molar-refractivity contribution in [1.29, 1.82) is 0 Å². The zero-order valence-corrected chi connectivity index (χ0v) is 6.46. The largest absolute Gasteiger partial charge is 0.403 e. The summed E-state index contributed by atoms with van der Waals surface area (Å²) in [7, 11) is 0. The molecule has 0 saturated heterocycles. The van der Waals surface area contributed by atoms with Crippen LogP contribution in [-0.4, -0.2) is 18.1 Å². The van der Waals surface area contributed by atoms with Crippen LogP contribution in [0, 0.1) is 0 Å². The van der Waals surface area contributed by atoms with Gasteiger partial charge >= 0.3 is 6.18 Å². The molecule has 0 rings (SSSR count). The molecule has 0 aliphatic carbocycles. The molecule has 0 saturated carbocycles. The number of hydrogen-bond donors (Lipinski definition) is 1. The van der Waals surface area contributed by atoms with E-state index in [0.29, 0.717) is 6.92 Å². The maximum atomic E-state index is 12.0. The number of nitrogens with two attached hydrogens (primary N) is 1. The molecular formula is C6H10F5N. The highest BCUT2D eigenvalue weighted by Gasteiger charge is 2.38. The van der Waals surface area contributed by atoms with Crippen LogP contribution in [0.5, 0.6) is 0 Å². The van der Waals surface area contributed by atoms with E-state index in [-0.39, 0.29) is 0 Å². The lowest BCUT2D eigenvalue weighted by Crippen LogP contribution is -2.38. The average Bonchev–Trinajstić information content (AvgIpc) is 1.78. The molecule has 0 aliphatic rings. The second-order valence-corrected chi connectivity index (χ2v) is 2.76. The van der Waals surface area contributed by atoms with Gasteiger partial charge in [-0.25, -0.2) is 8.78 Å². The van der Waals surface area contributed by atoms with Crippen molar-refractivity contribution in [3.63, 3.8) is 0 Å². The normalized spacial score (nSPS) is 16.2. The lowest BCUT2D eigenvalue weighted by atomic mass is 10.1. The smallest absolute Gasteiger partial charge is 0.320 e. The topological polar surface area (TPSA) is 26.0 Å². The van der Waals surface area contributed by atoms with Crippen molar-refractivity contribution in [3.05, 3.63) is 0 Å². The Labute approximate surface area is 66.7 Å². The Morgan fingerprint density at radius 1 is 1.17 bits per heavy atom. The number of hydrogen-bond acceptors (Lipinski definition) is 1. The van der Waals surface area contributed by atoms with E-state index in [9.17, 15) is 22.0 Å². The van der Waals surface area contributed by atoms with Crippen LogP contribution < -0.4 is 5.73 Å². The van der Waals surface area contributed by atoms with Crippen molar-refractivity contribution >= 4 is 0 Å². The van der Waals surface area contributed by atoms with Crippen LogP contribution in [0.25, 0.3) is 0 Å². The lowest BCUT2D eigenvalue weighted by molar-refractivity contribution is -0.152. The molecule has 0 aromatic carbocycles. The van der Waals surface area contributed by atoms with Gasteiger partial charge in [0.2, 0.25) is 5.92 Å². The Hall–Kier alpha value is -0.390. The van der Waals surface area contributed by atoms with E-state index in [0.717, 1.165) is 0 Å². The van der Waals surface area contributed by atoms with E-state index >= 15 is 0 Å². The summed E-state index contributed by atoms with van der Waals surface area (Å²) in [6.45, 7) is 0.566. The van der Waals surface area contributed by atoms with Crippen molar-refractivity contribution < 1.29 is 22.0 Å². The summed E-state index contributed by atoms with van der Waals surface area (Å²) in [5, 5.41) is 0. The Balaban J connectivity index is 3.80. The van der Waals surface area contributed by atoms with Crippen molar-refractivity contribution in [2.75, 3.05) is 0 Å². The number of halogens is 5. The first kappa shape index (κ1) is 11.6. The second kappa shape index (κ2) is 3.55. The molecule has 0 spiro atoms. The van der Waals surface area contributed by atoms with Crippen molar-refractivity contribution in [1.82, 2.24) is 0 Å². The van der Waals surface area contributed by atoms with Gasteiger partial charge in [-0.1, -0.05) is 0 Å². The minimum absolute atomic E-state index is 0.566. The van der Waals surface area contributed by atoms with E-state index in [1.165, 1.54) is 0 Å². The summed E-state index contributed by atoms with van der Waals surface area (Å²) < 4.78 is 59.1. The highest BCUT2D eigenvalue weighted by atomic mass is 19.4. The van der Waals surface area contributed by atoms with Gasteiger partial charge in [0.1, 0.15) is 6.04 Å². The molecule has 1 nitrogen and oxygen atoms in total. The Kier molecular flexibility index (Phi) is 3.44. The molecule has 2 N–H and O–H groups in total. The van der Waals surface area contributed by atoms with E-state index in [2.05, 4.69) is 5.73 Å². The van der Waals surface area contributed by atoms with Crippen molar-refractivity contribution in [3.8, 4) is 0 Å². The minimum atomic E-state index is -4.58. The standard InChI is InChI=1S/C6H10F5N/c1-5(7,8)3-2-4(12)6(9,10)11/h4H,2-3,12H2,1H3. The van der Waals surface area contributed by atoms with Crippen LogP contribution in [0.3, 0.4) is 0 Å². The highest BCUT2D eigenvalue weighted by molar-refractivity contribution is 4.73. The predicted octanol–water partition coefficient (Wildman–Crippen LogP) is 2.31. The lowest BCUT2D eigenvalue weighted by Gasteiger charge is -2.17. The van der Waals surface area contributed by atoms with E-state index in [1.807, 2.05) is 0 Å². The van der Waals surface area contributed by atoms with Crippen LogP contribution in [0.2, 0.25) is 0 Å². The van der Waals surface area contributed by atoms with E-state index < -0.39 is 31.0 Å². The van der Waals surface area contributed by atoms with Crippen LogP contribution in [-0.2, 0) is 0 Å². The summed E-state index contributed by atoms with van der Waals surface area (Å²) in [6.07, 6.45) is -6.16. The van der Waals surface area contributed by atoms with Gasteiger partial charge in [0.05, 0.1) is 0 Å². The highest BCUT2D eigenvalue weighted by Crippen LogP contribution is 2.26. The molecular weight excluding hydrogens is 181 g/mol. The molecule has 0 fully saturated rings.